The van der Waals surface area contributed by atoms with Crippen molar-refractivity contribution in [2.24, 2.45) is 0 Å². The predicted octanol–water partition coefficient (Wildman–Crippen LogP) is 5.08. The maximum Gasteiger partial charge on any atom is 0.121 e. The number of aromatic nitrogens is 1. The number of fused-ring (bicyclic) bond motifs is 1. The largest absolute Gasteiger partial charge is 0.497 e. The van der Waals surface area contributed by atoms with Crippen LogP contribution in [-0.2, 0) is 0 Å². The molecule has 1 aromatic heterocycles. The second kappa shape index (κ2) is 7.21. The average Bonchev–Trinajstić information content (AvgIpc) is 2.60. The number of nitrogens with zero attached hydrogens (tertiary/aromatic N) is 1. The van der Waals surface area contributed by atoms with Crippen LogP contribution >= 0.6 is 0 Å². The molecule has 0 saturated heterocycles. The lowest BCUT2D eigenvalue weighted by Gasteiger charge is -2.12. The lowest BCUT2D eigenvalue weighted by molar-refractivity contribution is 0.317. The maximum atomic E-state index is 5.62. The Morgan fingerprint density at radius 3 is 2.46 bits per heavy atom. The lowest BCUT2D eigenvalue weighted by atomic mass is 10.1. The molecule has 1 heterocycles. The van der Waals surface area contributed by atoms with E-state index in [1.54, 1.807) is 7.11 Å². The summed E-state index contributed by atoms with van der Waals surface area (Å²) in [6.07, 6.45) is 1.01. The number of aryl methyl sites for hydroxylation is 1. The molecule has 1 N–H and O–H groups in total. The highest BCUT2D eigenvalue weighted by molar-refractivity contribution is 5.94. The normalized spacial score (nSPS) is 10.6. The summed E-state index contributed by atoms with van der Waals surface area (Å²) in [5, 5.41) is 4.53. The van der Waals surface area contributed by atoms with Crippen molar-refractivity contribution in [2.45, 2.75) is 20.3 Å². The van der Waals surface area contributed by atoms with Crippen LogP contribution in [0.2, 0.25) is 0 Å². The molecule has 0 fully saturated rings. The highest BCUT2D eigenvalue weighted by atomic mass is 16.5. The van der Waals surface area contributed by atoms with Crippen LogP contribution in [0.5, 0.6) is 11.5 Å². The van der Waals surface area contributed by atoms with Gasteiger partial charge in [0.05, 0.1) is 19.2 Å². The summed E-state index contributed by atoms with van der Waals surface area (Å²) in [5.74, 6) is 1.70. The Kier molecular flexibility index (Phi) is 4.85. The molecule has 2 aromatic carbocycles. The Labute approximate surface area is 142 Å². The molecule has 3 aromatic rings. The van der Waals surface area contributed by atoms with Gasteiger partial charge in [0.25, 0.3) is 0 Å². The van der Waals surface area contributed by atoms with Crippen molar-refractivity contribution in [1.29, 1.82) is 0 Å². The summed E-state index contributed by atoms with van der Waals surface area (Å²) in [5.41, 5.74) is 3.92. The topological polar surface area (TPSA) is 43.4 Å². The van der Waals surface area contributed by atoms with Crippen molar-refractivity contribution in [3.05, 3.63) is 54.2 Å². The van der Waals surface area contributed by atoms with Gasteiger partial charge in [0, 0.05) is 28.5 Å². The SMILES string of the molecule is CCCOc1ccc(Nc2cc(C)nc3cc(OC)ccc23)cc1. The fourth-order valence-corrected chi connectivity index (χ4v) is 2.58. The number of hydrogen-bond donors (Lipinski definition) is 1. The first-order valence-electron chi connectivity index (χ1n) is 8.15. The van der Waals surface area contributed by atoms with Crippen LogP contribution in [0, 0.1) is 6.92 Å². The summed E-state index contributed by atoms with van der Waals surface area (Å²) < 4.78 is 10.9. The van der Waals surface area contributed by atoms with E-state index in [2.05, 4.69) is 23.3 Å². The molecule has 4 heteroatoms. The second-order valence-electron chi connectivity index (χ2n) is 5.69. The average molecular weight is 322 g/mol. The molecule has 24 heavy (non-hydrogen) atoms. The fraction of sp³-hybridized carbons (Fsp3) is 0.250. The molecule has 0 atom stereocenters. The fourth-order valence-electron chi connectivity index (χ4n) is 2.58. The van der Waals surface area contributed by atoms with Gasteiger partial charge in [-0.25, -0.2) is 0 Å². The van der Waals surface area contributed by atoms with Crippen molar-refractivity contribution in [3.63, 3.8) is 0 Å². The summed E-state index contributed by atoms with van der Waals surface area (Å²) >= 11 is 0. The Hall–Kier alpha value is -2.75. The van der Waals surface area contributed by atoms with Gasteiger partial charge in [0.15, 0.2) is 0 Å². The van der Waals surface area contributed by atoms with E-state index in [1.165, 1.54) is 0 Å². The van der Waals surface area contributed by atoms with E-state index in [0.717, 1.165) is 52.5 Å². The number of hydrogen-bond acceptors (Lipinski definition) is 4. The van der Waals surface area contributed by atoms with Gasteiger partial charge < -0.3 is 14.8 Å². The van der Waals surface area contributed by atoms with Gasteiger partial charge in [-0.05, 0) is 55.8 Å². The summed E-state index contributed by atoms with van der Waals surface area (Å²) in [7, 11) is 1.66. The molecule has 0 spiro atoms. The van der Waals surface area contributed by atoms with E-state index in [0.29, 0.717) is 0 Å². The zero-order chi connectivity index (χ0) is 16.9. The van der Waals surface area contributed by atoms with Crippen LogP contribution in [0.4, 0.5) is 11.4 Å². The van der Waals surface area contributed by atoms with Crippen molar-refractivity contribution in [2.75, 3.05) is 19.0 Å². The van der Waals surface area contributed by atoms with Gasteiger partial charge in [-0.3, -0.25) is 4.98 Å². The van der Waals surface area contributed by atoms with Gasteiger partial charge >= 0.3 is 0 Å². The maximum absolute atomic E-state index is 5.62. The third-order valence-corrected chi connectivity index (χ3v) is 3.75. The Morgan fingerprint density at radius 2 is 1.75 bits per heavy atom. The molecular formula is C20H22N2O2. The zero-order valence-electron chi connectivity index (χ0n) is 14.3. The predicted molar refractivity (Wildman–Crippen MR) is 98.5 cm³/mol. The van der Waals surface area contributed by atoms with Gasteiger partial charge in [-0.1, -0.05) is 6.92 Å². The quantitative estimate of drug-likeness (QED) is 0.687. The van der Waals surface area contributed by atoms with E-state index in [1.807, 2.05) is 49.4 Å². The van der Waals surface area contributed by atoms with Crippen LogP contribution in [0.3, 0.4) is 0 Å². The van der Waals surface area contributed by atoms with Crippen molar-refractivity contribution in [3.8, 4) is 11.5 Å². The van der Waals surface area contributed by atoms with E-state index < -0.39 is 0 Å². The van der Waals surface area contributed by atoms with Crippen LogP contribution in [-0.4, -0.2) is 18.7 Å². The molecule has 0 radical (unpaired) electrons. The third kappa shape index (κ3) is 3.59. The van der Waals surface area contributed by atoms with E-state index >= 15 is 0 Å². The Morgan fingerprint density at radius 1 is 1.00 bits per heavy atom. The summed E-state index contributed by atoms with van der Waals surface area (Å²) in [4.78, 5) is 4.59. The van der Waals surface area contributed by atoms with Crippen LogP contribution in [0.25, 0.3) is 10.9 Å². The number of methoxy groups -OCH3 is 1. The van der Waals surface area contributed by atoms with E-state index in [4.69, 9.17) is 9.47 Å². The summed E-state index contributed by atoms with van der Waals surface area (Å²) in [6, 6.07) is 16.0. The number of anilines is 2. The molecule has 3 rings (SSSR count). The molecule has 4 nitrogen and oxygen atoms in total. The molecule has 0 unspecified atom stereocenters. The van der Waals surface area contributed by atoms with Crippen LogP contribution in [0.1, 0.15) is 19.0 Å². The minimum Gasteiger partial charge on any atom is -0.497 e. The second-order valence-corrected chi connectivity index (χ2v) is 5.69. The number of ether oxygens (including phenoxy) is 2. The number of nitrogens with one attached hydrogen (secondary N) is 1. The minimum absolute atomic E-state index is 0.739. The first-order valence-corrected chi connectivity index (χ1v) is 8.15. The number of rotatable bonds is 6. The summed E-state index contributed by atoms with van der Waals surface area (Å²) in [6.45, 7) is 4.83. The Balaban J connectivity index is 1.89. The van der Waals surface area contributed by atoms with Crippen LogP contribution in [0.15, 0.2) is 48.5 Å². The zero-order valence-corrected chi connectivity index (χ0v) is 14.3. The van der Waals surface area contributed by atoms with E-state index in [-0.39, 0.29) is 0 Å². The van der Waals surface area contributed by atoms with Gasteiger partial charge in [0.1, 0.15) is 11.5 Å². The molecule has 0 bridgehead atoms. The molecule has 124 valence electrons. The smallest absolute Gasteiger partial charge is 0.121 e. The standard InChI is InChI=1S/C20H22N2O2/c1-4-11-24-16-7-5-15(6-8-16)22-19-12-14(2)21-20-13-17(23-3)9-10-18(19)20/h5-10,12-13H,4,11H2,1-3H3,(H,21,22). The minimum atomic E-state index is 0.739. The van der Waals surface area contributed by atoms with E-state index in [9.17, 15) is 0 Å². The highest BCUT2D eigenvalue weighted by Crippen LogP contribution is 2.29. The molecule has 0 amide bonds. The number of pyridine rings is 1. The molecular weight excluding hydrogens is 300 g/mol. The first-order chi connectivity index (χ1) is 11.7. The molecule has 0 aliphatic rings. The Bertz CT molecular complexity index is 829. The monoisotopic (exact) mass is 322 g/mol. The molecule has 0 saturated carbocycles. The van der Waals surface area contributed by atoms with Crippen molar-refractivity contribution < 1.29 is 9.47 Å². The van der Waals surface area contributed by atoms with Gasteiger partial charge in [-0.2, -0.15) is 0 Å². The van der Waals surface area contributed by atoms with Crippen molar-refractivity contribution in [1.82, 2.24) is 4.98 Å². The number of benzene rings is 2. The van der Waals surface area contributed by atoms with Crippen LogP contribution < -0.4 is 14.8 Å². The van der Waals surface area contributed by atoms with Gasteiger partial charge in [-0.15, -0.1) is 0 Å². The first kappa shape index (κ1) is 16.1. The third-order valence-electron chi connectivity index (χ3n) is 3.75. The van der Waals surface area contributed by atoms with Gasteiger partial charge in [0.2, 0.25) is 0 Å². The van der Waals surface area contributed by atoms with Crippen molar-refractivity contribution >= 4 is 22.3 Å². The molecule has 0 aliphatic carbocycles. The highest BCUT2D eigenvalue weighted by Gasteiger charge is 2.06. The lowest BCUT2D eigenvalue weighted by Crippen LogP contribution is -1.97. The molecule has 0 aliphatic heterocycles.